The SMILES string of the molecule is C[C@H](NCc1c(C(=O)C[C@H]2CCC[C@@H](O)C2)noc1-c1ccc(C(F)(F)F)c(F)c1)C(F)(F)F. The van der Waals surface area contributed by atoms with Gasteiger partial charge in [0.05, 0.1) is 11.7 Å². The fourth-order valence-electron chi connectivity index (χ4n) is 3.98. The highest BCUT2D eigenvalue weighted by Gasteiger charge is 2.37. The zero-order valence-electron chi connectivity index (χ0n) is 18.1. The summed E-state index contributed by atoms with van der Waals surface area (Å²) in [4.78, 5) is 12.9. The molecular formula is C22H23F7N2O3. The van der Waals surface area contributed by atoms with Crippen LogP contribution in [0.1, 0.15) is 60.6 Å². The quantitative estimate of drug-likeness (QED) is 0.382. The van der Waals surface area contributed by atoms with Crippen LogP contribution in [0.2, 0.25) is 0 Å². The molecule has 12 heteroatoms. The minimum Gasteiger partial charge on any atom is -0.393 e. The maximum Gasteiger partial charge on any atom is 0.419 e. The Morgan fingerprint density at radius 2 is 1.94 bits per heavy atom. The second-order valence-corrected chi connectivity index (χ2v) is 8.49. The van der Waals surface area contributed by atoms with Crippen LogP contribution >= 0.6 is 0 Å². The summed E-state index contributed by atoms with van der Waals surface area (Å²) in [7, 11) is 0. The molecule has 0 amide bonds. The van der Waals surface area contributed by atoms with Crippen molar-refractivity contribution in [3.05, 3.63) is 40.8 Å². The minimum atomic E-state index is -4.94. The number of nitrogens with zero attached hydrogens (tertiary/aromatic N) is 1. The van der Waals surface area contributed by atoms with E-state index >= 15 is 0 Å². The summed E-state index contributed by atoms with van der Waals surface area (Å²) in [6.45, 7) is 0.312. The third kappa shape index (κ3) is 6.15. The second kappa shape index (κ2) is 10.0. The molecule has 1 aliphatic carbocycles. The molecule has 1 aliphatic rings. The van der Waals surface area contributed by atoms with Crippen molar-refractivity contribution in [3.63, 3.8) is 0 Å². The van der Waals surface area contributed by atoms with Crippen LogP contribution in [0.15, 0.2) is 22.7 Å². The maximum absolute atomic E-state index is 14.1. The van der Waals surface area contributed by atoms with Crippen LogP contribution in [0, 0.1) is 11.7 Å². The fourth-order valence-corrected chi connectivity index (χ4v) is 3.98. The maximum atomic E-state index is 14.1. The van der Waals surface area contributed by atoms with Crippen molar-refractivity contribution in [2.75, 3.05) is 0 Å². The van der Waals surface area contributed by atoms with Gasteiger partial charge in [0.2, 0.25) is 0 Å². The first-order chi connectivity index (χ1) is 15.8. The van der Waals surface area contributed by atoms with Gasteiger partial charge in [-0.15, -0.1) is 0 Å². The number of aliphatic hydroxyl groups excluding tert-OH is 1. The van der Waals surface area contributed by atoms with Gasteiger partial charge in [-0.1, -0.05) is 17.6 Å². The molecule has 0 aliphatic heterocycles. The Bertz CT molecular complexity index is 1020. The molecule has 0 radical (unpaired) electrons. The van der Waals surface area contributed by atoms with E-state index < -0.39 is 48.2 Å². The summed E-state index contributed by atoms with van der Waals surface area (Å²) in [5.74, 6) is -2.61. The standard InChI is InChI=1S/C22H23F7N2O3/c1-11(21(24,25)26)30-10-15-19(18(33)8-12-3-2-4-14(32)7-12)31-34-20(15)13-5-6-16(17(23)9-13)22(27,28)29/h5-6,9,11-12,14,30,32H,2-4,7-8,10H2,1H3/t11-,12-,14+/m0/s1. The number of rotatable bonds is 7. The Balaban J connectivity index is 1.94. The molecule has 1 heterocycles. The van der Waals surface area contributed by atoms with Gasteiger partial charge in [-0.2, -0.15) is 26.3 Å². The lowest BCUT2D eigenvalue weighted by Crippen LogP contribution is -2.39. The Morgan fingerprint density at radius 1 is 1.24 bits per heavy atom. The summed E-state index contributed by atoms with van der Waals surface area (Å²) >= 11 is 0. The smallest absolute Gasteiger partial charge is 0.393 e. The van der Waals surface area contributed by atoms with Crippen molar-refractivity contribution in [2.24, 2.45) is 5.92 Å². The molecule has 1 aromatic carbocycles. The lowest BCUT2D eigenvalue weighted by Gasteiger charge is -2.25. The van der Waals surface area contributed by atoms with E-state index in [9.17, 15) is 40.6 Å². The number of ketones is 1. The number of aromatic nitrogens is 1. The van der Waals surface area contributed by atoms with Crippen molar-refractivity contribution in [1.29, 1.82) is 0 Å². The van der Waals surface area contributed by atoms with Gasteiger partial charge >= 0.3 is 12.4 Å². The third-order valence-corrected chi connectivity index (χ3v) is 5.89. The summed E-state index contributed by atoms with van der Waals surface area (Å²) in [5, 5.41) is 15.7. The van der Waals surface area contributed by atoms with Crippen molar-refractivity contribution in [1.82, 2.24) is 10.5 Å². The lowest BCUT2D eigenvalue weighted by molar-refractivity contribution is -0.151. The van der Waals surface area contributed by atoms with E-state index in [2.05, 4.69) is 10.5 Å². The van der Waals surface area contributed by atoms with Crippen LogP contribution in [0.4, 0.5) is 30.7 Å². The molecule has 2 aromatic rings. The number of alkyl halides is 6. The predicted molar refractivity (Wildman–Crippen MR) is 106 cm³/mol. The van der Waals surface area contributed by atoms with Gasteiger partial charge in [0.1, 0.15) is 11.9 Å². The molecule has 3 rings (SSSR count). The van der Waals surface area contributed by atoms with Gasteiger partial charge < -0.3 is 14.9 Å². The van der Waals surface area contributed by atoms with E-state index in [0.29, 0.717) is 37.8 Å². The normalized spacial score (nSPS) is 20.4. The van der Waals surface area contributed by atoms with Gasteiger partial charge in [-0.3, -0.25) is 4.79 Å². The van der Waals surface area contributed by atoms with Crippen LogP contribution in [-0.2, 0) is 12.7 Å². The first kappa shape index (κ1) is 26.1. The highest BCUT2D eigenvalue weighted by atomic mass is 19.4. The molecule has 5 nitrogen and oxygen atoms in total. The number of nitrogens with one attached hydrogen (secondary N) is 1. The number of benzene rings is 1. The van der Waals surface area contributed by atoms with E-state index in [-0.39, 0.29) is 34.9 Å². The van der Waals surface area contributed by atoms with Crippen LogP contribution < -0.4 is 5.32 Å². The molecule has 1 aromatic heterocycles. The zero-order valence-corrected chi connectivity index (χ0v) is 18.1. The van der Waals surface area contributed by atoms with Crippen molar-refractivity contribution in [3.8, 4) is 11.3 Å². The van der Waals surface area contributed by atoms with Crippen LogP contribution in [0.25, 0.3) is 11.3 Å². The molecule has 0 bridgehead atoms. The van der Waals surface area contributed by atoms with Gasteiger partial charge in [0.15, 0.2) is 17.2 Å². The third-order valence-electron chi connectivity index (χ3n) is 5.89. The Hall–Kier alpha value is -2.47. The molecule has 0 spiro atoms. The van der Waals surface area contributed by atoms with E-state index in [1.807, 2.05) is 0 Å². The molecular weight excluding hydrogens is 473 g/mol. The predicted octanol–water partition coefficient (Wildman–Crippen LogP) is 5.66. The molecule has 0 unspecified atom stereocenters. The molecule has 34 heavy (non-hydrogen) atoms. The van der Waals surface area contributed by atoms with Crippen molar-refractivity contribution >= 4 is 5.78 Å². The Labute approximate surface area is 190 Å². The van der Waals surface area contributed by atoms with Crippen LogP contribution in [0.5, 0.6) is 0 Å². The second-order valence-electron chi connectivity index (χ2n) is 8.49. The van der Waals surface area contributed by atoms with Gasteiger partial charge in [0, 0.05) is 24.1 Å². The van der Waals surface area contributed by atoms with E-state index in [1.54, 1.807) is 0 Å². The molecule has 1 fully saturated rings. The van der Waals surface area contributed by atoms with E-state index in [1.165, 1.54) is 0 Å². The number of halogens is 7. The van der Waals surface area contributed by atoms with Gasteiger partial charge in [-0.05, 0) is 44.2 Å². The molecule has 2 N–H and O–H groups in total. The summed E-state index contributed by atoms with van der Waals surface area (Å²) < 4.78 is 96.8. The van der Waals surface area contributed by atoms with Crippen LogP contribution in [-0.4, -0.2) is 34.4 Å². The Kier molecular flexibility index (Phi) is 7.71. The molecule has 0 saturated heterocycles. The molecule has 3 atom stereocenters. The number of carbonyl (C=O) groups excluding carboxylic acids is 1. The number of carbonyl (C=O) groups is 1. The first-order valence-corrected chi connectivity index (χ1v) is 10.6. The van der Waals surface area contributed by atoms with Gasteiger partial charge in [0.25, 0.3) is 0 Å². The number of aliphatic hydroxyl groups is 1. The van der Waals surface area contributed by atoms with Gasteiger partial charge in [-0.25, -0.2) is 4.39 Å². The van der Waals surface area contributed by atoms with E-state index in [4.69, 9.17) is 4.52 Å². The lowest BCUT2D eigenvalue weighted by atomic mass is 9.83. The summed E-state index contributed by atoms with van der Waals surface area (Å²) in [5.41, 5.74) is -2.12. The number of Topliss-reactive ketones (excluding diaryl/α,β-unsaturated/α-hetero) is 1. The average Bonchev–Trinajstić information content (AvgIpc) is 3.14. The largest absolute Gasteiger partial charge is 0.419 e. The monoisotopic (exact) mass is 496 g/mol. The zero-order chi connectivity index (χ0) is 25.3. The summed E-state index contributed by atoms with van der Waals surface area (Å²) in [6, 6.07) is -0.0649. The van der Waals surface area contributed by atoms with Crippen molar-refractivity contribution < 1.29 is 45.2 Å². The summed E-state index contributed by atoms with van der Waals surface area (Å²) in [6.07, 6.45) is -7.73. The first-order valence-electron chi connectivity index (χ1n) is 10.6. The topological polar surface area (TPSA) is 75.4 Å². The minimum absolute atomic E-state index is 0.0355. The number of hydrogen-bond donors (Lipinski definition) is 2. The van der Waals surface area contributed by atoms with Crippen molar-refractivity contribution in [2.45, 2.75) is 70.1 Å². The molecule has 1 saturated carbocycles. The van der Waals surface area contributed by atoms with Crippen LogP contribution in [0.3, 0.4) is 0 Å². The number of hydrogen-bond acceptors (Lipinski definition) is 5. The average molecular weight is 496 g/mol. The fraction of sp³-hybridized carbons (Fsp3) is 0.545. The highest BCUT2D eigenvalue weighted by Crippen LogP contribution is 2.36. The highest BCUT2D eigenvalue weighted by molar-refractivity contribution is 5.97. The molecule has 188 valence electrons. The Morgan fingerprint density at radius 3 is 2.53 bits per heavy atom. The van der Waals surface area contributed by atoms with E-state index in [0.717, 1.165) is 13.0 Å².